The lowest BCUT2D eigenvalue weighted by atomic mass is 9.67. The first-order valence-electron chi connectivity index (χ1n) is 47.3. The molecular weight excluding hydrogens is 1840 g/mol. The molecule has 0 radical (unpaired) electrons. The highest BCUT2D eigenvalue weighted by Gasteiger charge is 2.52. The van der Waals surface area contributed by atoms with Crippen molar-refractivity contribution in [2.75, 3.05) is 115 Å². The molecule has 0 N–H and O–H groups in total. The minimum absolute atomic E-state index is 0. The van der Waals surface area contributed by atoms with E-state index in [1.807, 2.05) is 24.3 Å². The Morgan fingerprint density at radius 1 is 0.328 bits per heavy atom. The average molecular weight is 1960 g/mol. The molecule has 9 aromatic rings. The molecule has 0 saturated heterocycles. The van der Waals surface area contributed by atoms with Gasteiger partial charge in [0.2, 0.25) is 16.1 Å². The number of anilines is 3. The van der Waals surface area contributed by atoms with Crippen LogP contribution < -0.4 is 74.4 Å². The molecular formula is C110H112Cl4F8N6O9. The van der Waals surface area contributed by atoms with Gasteiger partial charge in [0.05, 0.1) is 63.7 Å². The summed E-state index contributed by atoms with van der Waals surface area (Å²) in [6, 6.07) is 12.3. The van der Waals surface area contributed by atoms with Crippen molar-refractivity contribution in [3.8, 4) is 34.5 Å². The Bertz CT molecular complexity index is 7060. The van der Waals surface area contributed by atoms with Crippen LogP contribution in [0.5, 0.6) is 34.5 Å². The van der Waals surface area contributed by atoms with Gasteiger partial charge in [0.1, 0.15) is 84.9 Å². The van der Waals surface area contributed by atoms with Crippen LogP contribution in [0, 0.1) is 68.8 Å². The van der Waals surface area contributed by atoms with Gasteiger partial charge in [0, 0.05) is 205 Å². The molecule has 720 valence electrons. The van der Waals surface area contributed by atoms with Gasteiger partial charge >= 0.3 is 17.9 Å². The summed E-state index contributed by atoms with van der Waals surface area (Å²) in [4.78, 5) is 47.1. The zero-order valence-corrected chi connectivity index (χ0v) is 83.0. The van der Waals surface area contributed by atoms with Gasteiger partial charge in [-0.25, -0.2) is 63.2 Å². The van der Waals surface area contributed by atoms with E-state index in [-0.39, 0.29) is 80.7 Å². The minimum atomic E-state index is -2.06. The Balaban J connectivity index is 0.000000131. The number of methoxy groups -OCH3 is 3. The van der Waals surface area contributed by atoms with Gasteiger partial charge in [-0.15, -0.1) is 0 Å². The lowest BCUT2D eigenvalue weighted by molar-refractivity contribution is 0.0583. The normalized spacial score (nSPS) is 18.9. The molecule has 0 aliphatic carbocycles. The van der Waals surface area contributed by atoms with Crippen LogP contribution in [0.2, 0.25) is 20.1 Å². The molecule has 0 atom stereocenters. The highest BCUT2D eigenvalue weighted by Crippen LogP contribution is 2.60. The van der Waals surface area contributed by atoms with Crippen molar-refractivity contribution in [3.05, 3.63) is 274 Å². The molecule has 9 aromatic carbocycles. The van der Waals surface area contributed by atoms with Crippen LogP contribution in [0.3, 0.4) is 0 Å². The number of carbonyl (C=O) groups excluding carboxylic acids is 3. The number of halogens is 12. The summed E-state index contributed by atoms with van der Waals surface area (Å²) < 4.78 is 168. The fourth-order valence-electron chi connectivity index (χ4n) is 25.2. The summed E-state index contributed by atoms with van der Waals surface area (Å²) in [6.07, 6.45) is 18.2. The Hall–Kier alpha value is -10.2. The number of carbonyl (C=O) groups is 3. The summed E-state index contributed by atoms with van der Waals surface area (Å²) in [7, 11) is 3.35. The van der Waals surface area contributed by atoms with Crippen LogP contribution in [-0.4, -0.2) is 118 Å². The monoisotopic (exact) mass is 1950 g/mol. The van der Waals surface area contributed by atoms with E-state index in [4.69, 9.17) is 74.8 Å². The zero-order chi connectivity index (χ0) is 93.8. The highest BCUT2D eigenvalue weighted by molar-refractivity contribution is 6.53. The van der Waals surface area contributed by atoms with Gasteiger partial charge in [0.25, 0.3) is 0 Å². The van der Waals surface area contributed by atoms with E-state index in [2.05, 4.69) is 95.9 Å². The fourth-order valence-corrected chi connectivity index (χ4v) is 26.3. The standard InChI is InChI=1S/C41H45F4N2O3.C33H29Cl4N2O3.C33H29F4N2O3.3CH3/c1-38(2)10-14-46-16-12-40(5,6)27-33(46)22(38)18-20-24(25-26(37(48)49-9)30(43)32(45)31(44)29(25)42)21-19-23-34-28(36(21)50-35(20)27)41(7,8)13-17-47(34)15-11-39(23,3)4;2*1-41-33(40)24-23(25(34)27(36)28(37)26(24)35)22-20-14-16-6-2-10-38-12-4-8-18(29(16)38)31(20)42-32-19-9-5-13-39-11-3-7-17(30(19)39)15-21(22)32;;;/h18-19H,10-17H2,1-9H3;2*14-15H,2-13H2,1H3;3*1H3/q3*+1;3*-1. The molecule has 0 spiro atoms. The third kappa shape index (κ3) is 14.3. The van der Waals surface area contributed by atoms with E-state index < -0.39 is 86.7 Å². The largest absolute Gasteiger partial charge is 0.465 e. The Morgan fingerprint density at radius 2 is 0.693 bits per heavy atom. The van der Waals surface area contributed by atoms with E-state index >= 15 is 30.7 Å². The lowest BCUT2D eigenvalue weighted by Gasteiger charge is -2.49. The molecule has 0 bridgehead atoms. The first-order chi connectivity index (χ1) is 64.1. The van der Waals surface area contributed by atoms with Crippen molar-refractivity contribution in [2.24, 2.45) is 0 Å². The third-order valence-electron chi connectivity index (χ3n) is 31.8. The summed E-state index contributed by atoms with van der Waals surface area (Å²) in [5.41, 5.74) is 15.4. The van der Waals surface area contributed by atoms with Gasteiger partial charge in [-0.3, -0.25) is 0 Å². The van der Waals surface area contributed by atoms with Crippen molar-refractivity contribution in [1.82, 2.24) is 13.7 Å². The second kappa shape index (κ2) is 34.6. The average Bonchev–Trinajstić information content (AvgIpc) is 0.684. The van der Waals surface area contributed by atoms with Crippen LogP contribution in [0.4, 0.5) is 52.2 Å². The van der Waals surface area contributed by atoms with Gasteiger partial charge in [-0.1, -0.05) is 102 Å². The number of ether oxygens (including phenoxy) is 6. The molecule has 24 rings (SSSR count). The Morgan fingerprint density at radius 3 is 1.18 bits per heavy atom. The first-order valence-corrected chi connectivity index (χ1v) is 48.8. The Labute approximate surface area is 812 Å². The predicted molar refractivity (Wildman–Crippen MR) is 520 cm³/mol. The van der Waals surface area contributed by atoms with Crippen molar-refractivity contribution < 1.29 is 77.9 Å². The second-order valence-corrected chi connectivity index (χ2v) is 42.7. The van der Waals surface area contributed by atoms with E-state index in [0.717, 1.165) is 316 Å². The maximum Gasteiger partial charge on any atom is 0.341 e. The van der Waals surface area contributed by atoms with Crippen LogP contribution in [0.25, 0.3) is 16.7 Å². The number of hydrogen-bond donors (Lipinski definition) is 0. The molecule has 0 fully saturated rings. The molecule has 15 heterocycles. The predicted octanol–water partition coefficient (Wildman–Crippen LogP) is 19.7. The molecule has 15 aliphatic heterocycles. The molecule has 0 amide bonds. The number of nitrogens with zero attached hydrogens (tertiary/aromatic N) is 6. The Kier molecular flexibility index (Phi) is 24.2. The van der Waals surface area contributed by atoms with E-state index in [9.17, 15) is 18.8 Å². The maximum atomic E-state index is 16.7. The quantitative estimate of drug-likeness (QED) is 0.0299. The number of rotatable bonds is 6. The highest BCUT2D eigenvalue weighted by atomic mass is 35.5. The van der Waals surface area contributed by atoms with Gasteiger partial charge in [-0.05, 0) is 154 Å². The summed E-state index contributed by atoms with van der Waals surface area (Å²) in [5.74, 6) is -14.4. The lowest BCUT2D eigenvalue weighted by Crippen LogP contribution is -2.54. The van der Waals surface area contributed by atoms with Crippen molar-refractivity contribution >= 4 is 98.1 Å². The summed E-state index contributed by atoms with van der Waals surface area (Å²) in [5, 5.41) is 5.68. The summed E-state index contributed by atoms with van der Waals surface area (Å²) in [6.45, 7) is 28.7. The number of benzene rings is 9. The molecule has 0 unspecified atom stereocenters. The van der Waals surface area contributed by atoms with Crippen LogP contribution in [0.1, 0.15) is 264 Å². The van der Waals surface area contributed by atoms with Gasteiger partial charge < -0.3 is 65.4 Å². The fraction of sp³-hybridized carbons (Fsp3) is 0.427. The van der Waals surface area contributed by atoms with Crippen LogP contribution >= 0.6 is 46.4 Å². The second-order valence-electron chi connectivity index (χ2n) is 41.2. The first kappa shape index (κ1) is 95.7. The summed E-state index contributed by atoms with van der Waals surface area (Å²) >= 11 is 27.1. The molecule has 15 aliphatic rings. The third-order valence-corrected chi connectivity index (χ3v) is 33.6. The SMILES string of the molecule is COC(=O)c1c(Cl)c(Cl)c(Cl)c(Cl)c1C1=c2cc3c4c(c2Oc2c1cc1c5c2CCCN5CCC1)CCC[N+]=4CCC3.COC(=O)c1c(F)c(F)c(F)c(F)c1C1=c2cc3c4c(c2Oc2c1cc1c5c2C(C)(C)CCN5CCC1(C)C)C(C)(C)CC[N+]=4CCC3(C)C.COC(=O)c1c(F)c(F)c(F)c(F)c1C1=c2cc3c4c(c2Oc2c1cc1c5c2CCCN5CCC1)CCC[N+]=4CCC3.[CH3-].[CH3-].[CH3-]. The molecule has 15 nitrogen and oxygen atoms in total. The molecule has 27 heteroatoms. The van der Waals surface area contributed by atoms with Crippen LogP contribution in [0.15, 0.2) is 36.4 Å². The molecule has 0 saturated carbocycles. The number of fused-ring (bicyclic) bond motifs is 12. The van der Waals surface area contributed by atoms with Crippen LogP contribution in [-0.2, 0) is 87.2 Å². The topological polar surface area (TPSA) is 125 Å². The smallest absolute Gasteiger partial charge is 0.341 e. The van der Waals surface area contributed by atoms with Crippen molar-refractivity contribution in [2.45, 2.75) is 205 Å². The van der Waals surface area contributed by atoms with Gasteiger partial charge in [0.15, 0.2) is 46.5 Å². The molecule has 137 heavy (non-hydrogen) atoms. The number of hydrogen-bond acceptors (Lipinski definition) is 12. The number of aryl methyl sites for hydroxylation is 4. The zero-order valence-electron chi connectivity index (χ0n) is 80.0. The van der Waals surface area contributed by atoms with E-state index in [1.54, 1.807) is 0 Å². The number of esters is 3. The minimum Gasteiger partial charge on any atom is -0.465 e. The van der Waals surface area contributed by atoms with E-state index in [1.165, 1.54) is 40.4 Å². The van der Waals surface area contributed by atoms with E-state index in [0.29, 0.717) is 50.1 Å². The molecule has 0 aromatic heterocycles. The van der Waals surface area contributed by atoms with Gasteiger partial charge in [-0.2, -0.15) is 0 Å². The van der Waals surface area contributed by atoms with Crippen molar-refractivity contribution in [1.29, 1.82) is 0 Å². The van der Waals surface area contributed by atoms with Crippen molar-refractivity contribution in [3.63, 3.8) is 0 Å². The maximum absolute atomic E-state index is 16.7.